The Morgan fingerprint density at radius 2 is 1.86 bits per heavy atom. The Balaban J connectivity index is 1.72. The molecule has 1 aliphatic carbocycles. The second kappa shape index (κ2) is 7.12. The third-order valence-corrected chi connectivity index (χ3v) is 3.83. The molecule has 6 nitrogen and oxygen atoms in total. The molecule has 1 aliphatic rings. The van der Waals surface area contributed by atoms with E-state index in [1.807, 2.05) is 0 Å². The van der Waals surface area contributed by atoms with Crippen LogP contribution in [0.3, 0.4) is 0 Å². The first-order valence-corrected chi connectivity index (χ1v) is 7.55. The normalized spacial score (nSPS) is 13.5. The van der Waals surface area contributed by atoms with Crippen molar-refractivity contribution in [3.8, 4) is 0 Å². The lowest BCUT2D eigenvalue weighted by atomic mass is 10.2. The molecule has 0 radical (unpaired) electrons. The number of amides is 3. The summed E-state index contributed by atoms with van der Waals surface area (Å²) < 4.78 is 0. The number of nitrogens with one attached hydrogen (secondary N) is 2. The Morgan fingerprint density at radius 1 is 1.19 bits per heavy atom. The van der Waals surface area contributed by atoms with Crippen LogP contribution < -0.4 is 10.6 Å². The highest BCUT2D eigenvalue weighted by Crippen LogP contribution is 2.19. The fourth-order valence-corrected chi connectivity index (χ4v) is 2.34. The van der Waals surface area contributed by atoms with Crippen LogP contribution >= 0.6 is 11.8 Å². The number of thioether (sulfide) groups is 1. The van der Waals surface area contributed by atoms with Gasteiger partial charge in [0.15, 0.2) is 0 Å². The fourth-order valence-electron chi connectivity index (χ4n) is 1.64. The first-order chi connectivity index (χ1) is 10.0. The van der Waals surface area contributed by atoms with Crippen LogP contribution in [0.2, 0.25) is 0 Å². The molecule has 112 valence electrons. The average molecular weight is 308 g/mol. The van der Waals surface area contributed by atoms with E-state index in [4.69, 9.17) is 5.11 Å². The standard InChI is InChI=1S/C14H16N2O4S/c17-12(16-14(20)15-10-3-4-10)8-21-11-5-1-9(2-6-11)7-13(18)19/h1-2,5-6,10H,3-4,7-8H2,(H,18,19)(H2,15,16,17,20). The van der Waals surface area contributed by atoms with E-state index >= 15 is 0 Å². The van der Waals surface area contributed by atoms with Gasteiger partial charge in [0.1, 0.15) is 0 Å². The number of urea groups is 1. The summed E-state index contributed by atoms with van der Waals surface area (Å²) in [5.41, 5.74) is 0.708. The highest BCUT2D eigenvalue weighted by atomic mass is 32.2. The van der Waals surface area contributed by atoms with Gasteiger partial charge in [-0.15, -0.1) is 11.8 Å². The Bertz CT molecular complexity index is 540. The van der Waals surface area contributed by atoms with Gasteiger partial charge in [-0.05, 0) is 30.5 Å². The summed E-state index contributed by atoms with van der Waals surface area (Å²) in [7, 11) is 0. The zero-order valence-electron chi connectivity index (χ0n) is 11.3. The molecule has 7 heteroatoms. The number of carbonyl (C=O) groups is 3. The van der Waals surface area contributed by atoms with Crippen molar-refractivity contribution in [3.63, 3.8) is 0 Å². The van der Waals surface area contributed by atoms with Crippen molar-refractivity contribution in [2.24, 2.45) is 0 Å². The summed E-state index contributed by atoms with van der Waals surface area (Å²) in [5.74, 6) is -1.10. The Hall–Kier alpha value is -2.02. The molecule has 21 heavy (non-hydrogen) atoms. The van der Waals surface area contributed by atoms with Crippen molar-refractivity contribution in [1.82, 2.24) is 10.6 Å². The van der Waals surface area contributed by atoms with Crippen molar-refractivity contribution in [1.29, 1.82) is 0 Å². The highest BCUT2D eigenvalue weighted by molar-refractivity contribution is 8.00. The summed E-state index contributed by atoms with van der Waals surface area (Å²) in [4.78, 5) is 34.3. The molecule has 2 rings (SSSR count). The minimum absolute atomic E-state index is 0.0211. The van der Waals surface area contributed by atoms with Gasteiger partial charge in [-0.1, -0.05) is 12.1 Å². The van der Waals surface area contributed by atoms with Gasteiger partial charge >= 0.3 is 12.0 Å². The second-order valence-corrected chi connectivity index (χ2v) is 5.85. The maximum Gasteiger partial charge on any atom is 0.321 e. The molecule has 0 saturated heterocycles. The molecule has 1 aromatic rings. The number of rotatable bonds is 6. The van der Waals surface area contributed by atoms with Crippen molar-refractivity contribution in [2.75, 3.05) is 5.75 Å². The van der Waals surface area contributed by atoms with E-state index in [9.17, 15) is 14.4 Å². The summed E-state index contributed by atoms with van der Waals surface area (Å²) in [5, 5.41) is 13.6. The van der Waals surface area contributed by atoms with Gasteiger partial charge in [0.05, 0.1) is 12.2 Å². The van der Waals surface area contributed by atoms with Crippen molar-refractivity contribution >= 4 is 29.7 Å². The molecular weight excluding hydrogens is 292 g/mol. The van der Waals surface area contributed by atoms with Crippen molar-refractivity contribution in [3.05, 3.63) is 29.8 Å². The highest BCUT2D eigenvalue weighted by Gasteiger charge is 2.23. The number of hydrogen-bond acceptors (Lipinski definition) is 4. The van der Waals surface area contributed by atoms with E-state index in [0.717, 1.165) is 17.7 Å². The van der Waals surface area contributed by atoms with Gasteiger partial charge in [-0.3, -0.25) is 14.9 Å². The Morgan fingerprint density at radius 3 is 2.43 bits per heavy atom. The lowest BCUT2D eigenvalue weighted by Gasteiger charge is -2.05. The molecule has 0 spiro atoms. The number of carboxylic acid groups (broad SMARTS) is 1. The minimum atomic E-state index is -0.878. The molecule has 0 aromatic heterocycles. The fraction of sp³-hybridized carbons (Fsp3) is 0.357. The van der Waals surface area contributed by atoms with E-state index in [1.165, 1.54) is 11.8 Å². The molecular formula is C14H16N2O4S. The van der Waals surface area contributed by atoms with Crippen LogP contribution in [0.15, 0.2) is 29.2 Å². The molecule has 1 aromatic carbocycles. The van der Waals surface area contributed by atoms with Crippen LogP contribution in [0.1, 0.15) is 18.4 Å². The van der Waals surface area contributed by atoms with Gasteiger partial charge in [0, 0.05) is 10.9 Å². The van der Waals surface area contributed by atoms with E-state index in [1.54, 1.807) is 24.3 Å². The molecule has 0 aliphatic heterocycles. The maximum absolute atomic E-state index is 11.6. The number of aliphatic carboxylic acids is 1. The Labute approximate surface area is 126 Å². The van der Waals surface area contributed by atoms with Crippen LogP contribution in [0.5, 0.6) is 0 Å². The molecule has 0 bridgehead atoms. The summed E-state index contributed by atoms with van der Waals surface area (Å²) in [6, 6.07) is 6.73. The smallest absolute Gasteiger partial charge is 0.321 e. The van der Waals surface area contributed by atoms with Crippen LogP contribution in [0.4, 0.5) is 4.79 Å². The van der Waals surface area contributed by atoms with E-state index in [-0.39, 0.29) is 24.1 Å². The Kier molecular flexibility index (Phi) is 5.21. The molecule has 0 heterocycles. The van der Waals surface area contributed by atoms with Crippen molar-refractivity contribution < 1.29 is 19.5 Å². The lowest BCUT2D eigenvalue weighted by molar-refractivity contribution is -0.136. The van der Waals surface area contributed by atoms with Gasteiger partial charge in [-0.25, -0.2) is 4.79 Å². The first-order valence-electron chi connectivity index (χ1n) is 6.57. The van der Waals surface area contributed by atoms with Crippen molar-refractivity contribution in [2.45, 2.75) is 30.2 Å². The molecule has 1 fully saturated rings. The predicted octanol–water partition coefficient (Wildman–Crippen LogP) is 1.39. The maximum atomic E-state index is 11.6. The van der Waals surface area contributed by atoms with Gasteiger partial charge in [0.2, 0.25) is 5.91 Å². The summed E-state index contributed by atoms with van der Waals surface area (Å²) in [6.07, 6.45) is 1.92. The first kappa shape index (κ1) is 15.4. The topological polar surface area (TPSA) is 95.5 Å². The van der Waals surface area contributed by atoms with Gasteiger partial charge in [0.25, 0.3) is 0 Å². The van der Waals surface area contributed by atoms with Crippen LogP contribution in [0, 0.1) is 0 Å². The third-order valence-electron chi connectivity index (χ3n) is 2.81. The van der Waals surface area contributed by atoms with Crippen LogP contribution in [0.25, 0.3) is 0 Å². The largest absolute Gasteiger partial charge is 0.481 e. The molecule has 1 saturated carbocycles. The number of carboxylic acids is 1. The number of benzene rings is 1. The van der Waals surface area contributed by atoms with E-state index in [0.29, 0.717) is 5.56 Å². The zero-order valence-corrected chi connectivity index (χ0v) is 12.1. The summed E-state index contributed by atoms with van der Waals surface area (Å²) in [6.45, 7) is 0. The third kappa shape index (κ3) is 5.86. The quantitative estimate of drug-likeness (QED) is 0.690. The monoisotopic (exact) mass is 308 g/mol. The van der Waals surface area contributed by atoms with Crippen LogP contribution in [-0.4, -0.2) is 34.8 Å². The molecule has 0 atom stereocenters. The van der Waals surface area contributed by atoms with E-state index < -0.39 is 12.0 Å². The SMILES string of the molecule is O=C(O)Cc1ccc(SCC(=O)NC(=O)NC2CC2)cc1. The number of imide groups is 1. The minimum Gasteiger partial charge on any atom is -0.481 e. The zero-order chi connectivity index (χ0) is 15.2. The number of carbonyl (C=O) groups excluding carboxylic acids is 2. The van der Waals surface area contributed by atoms with Gasteiger partial charge < -0.3 is 10.4 Å². The van der Waals surface area contributed by atoms with Crippen LogP contribution in [-0.2, 0) is 16.0 Å². The predicted molar refractivity (Wildman–Crippen MR) is 78.2 cm³/mol. The lowest BCUT2D eigenvalue weighted by Crippen LogP contribution is -2.41. The average Bonchev–Trinajstić information content (AvgIpc) is 3.21. The number of hydrogen-bond donors (Lipinski definition) is 3. The molecule has 0 unspecified atom stereocenters. The molecule has 3 N–H and O–H groups in total. The van der Waals surface area contributed by atoms with E-state index in [2.05, 4.69) is 10.6 Å². The summed E-state index contributed by atoms with van der Waals surface area (Å²) >= 11 is 1.29. The van der Waals surface area contributed by atoms with Gasteiger partial charge in [-0.2, -0.15) is 0 Å². The molecule has 3 amide bonds. The second-order valence-electron chi connectivity index (χ2n) is 4.80.